The number of carbonyl (C=O) groups excluding carboxylic acids is 2. The maximum absolute atomic E-state index is 11.2. The monoisotopic (exact) mass is 230 g/mol. The number of hydrogen-bond acceptors (Lipinski definition) is 3. The van der Waals surface area contributed by atoms with Crippen LogP contribution in [-0.2, 0) is 9.59 Å². The van der Waals surface area contributed by atoms with Crippen LogP contribution in [0.5, 0.6) is 0 Å². The lowest BCUT2D eigenvalue weighted by Crippen LogP contribution is -2.41. The molecule has 1 saturated carbocycles. The number of thioether (sulfide) groups is 1. The lowest BCUT2D eigenvalue weighted by atomic mass is 10.0. The molecule has 2 N–H and O–H groups in total. The zero-order valence-corrected chi connectivity index (χ0v) is 9.86. The second-order valence-corrected chi connectivity index (χ2v) is 5.09. The molecule has 1 aliphatic carbocycles. The van der Waals surface area contributed by atoms with Gasteiger partial charge in [-0.25, -0.2) is 0 Å². The molecule has 2 amide bonds. The van der Waals surface area contributed by atoms with E-state index in [0.717, 1.165) is 0 Å². The molecular formula is C10H18N2O2S. The van der Waals surface area contributed by atoms with Gasteiger partial charge in [-0.05, 0) is 12.8 Å². The van der Waals surface area contributed by atoms with Gasteiger partial charge in [-0.2, -0.15) is 0 Å². The molecule has 1 aliphatic rings. The number of hydrazine groups is 1. The predicted molar refractivity (Wildman–Crippen MR) is 61.3 cm³/mol. The van der Waals surface area contributed by atoms with E-state index in [4.69, 9.17) is 0 Å². The molecule has 15 heavy (non-hydrogen) atoms. The molecule has 0 aromatic heterocycles. The first-order valence-corrected chi connectivity index (χ1v) is 6.40. The molecule has 1 rings (SSSR count). The Hall–Kier alpha value is -0.710. The summed E-state index contributed by atoms with van der Waals surface area (Å²) in [4.78, 5) is 21.8. The minimum atomic E-state index is -0.244. The van der Waals surface area contributed by atoms with Crippen LogP contribution >= 0.6 is 11.8 Å². The molecule has 0 heterocycles. The third kappa shape index (κ3) is 5.67. The van der Waals surface area contributed by atoms with Crippen LogP contribution in [0.1, 0.15) is 39.0 Å². The highest BCUT2D eigenvalue weighted by Crippen LogP contribution is 2.27. The minimum Gasteiger partial charge on any atom is -0.274 e. The van der Waals surface area contributed by atoms with E-state index in [-0.39, 0.29) is 11.8 Å². The molecule has 4 nitrogen and oxygen atoms in total. The van der Waals surface area contributed by atoms with Crippen molar-refractivity contribution in [2.45, 2.75) is 44.3 Å². The Morgan fingerprint density at radius 2 is 1.87 bits per heavy atom. The van der Waals surface area contributed by atoms with Crippen LogP contribution in [-0.4, -0.2) is 22.8 Å². The average molecular weight is 230 g/mol. The summed E-state index contributed by atoms with van der Waals surface area (Å²) in [6.45, 7) is 1.37. The summed E-state index contributed by atoms with van der Waals surface area (Å²) < 4.78 is 0. The molecule has 0 saturated heterocycles. The number of rotatable bonds is 3. The van der Waals surface area contributed by atoms with E-state index in [9.17, 15) is 9.59 Å². The highest BCUT2D eigenvalue weighted by Gasteiger charge is 2.15. The normalized spacial score (nSPS) is 17.1. The van der Waals surface area contributed by atoms with Crippen LogP contribution in [0, 0.1) is 0 Å². The lowest BCUT2D eigenvalue weighted by molar-refractivity contribution is -0.126. The van der Waals surface area contributed by atoms with E-state index < -0.39 is 0 Å². The van der Waals surface area contributed by atoms with Gasteiger partial charge in [-0.3, -0.25) is 20.4 Å². The first kappa shape index (κ1) is 12.4. The van der Waals surface area contributed by atoms with Crippen molar-refractivity contribution in [2.24, 2.45) is 0 Å². The number of nitrogens with one attached hydrogen (secondary N) is 2. The average Bonchev–Trinajstić information content (AvgIpc) is 2.25. The largest absolute Gasteiger partial charge is 0.274 e. The molecule has 0 atom stereocenters. The summed E-state index contributed by atoms with van der Waals surface area (Å²) in [5, 5.41) is 0.627. The van der Waals surface area contributed by atoms with Crippen molar-refractivity contribution in [3.63, 3.8) is 0 Å². The number of hydrogen-bond donors (Lipinski definition) is 2. The third-order valence-corrected chi connectivity index (χ3v) is 3.75. The van der Waals surface area contributed by atoms with E-state index >= 15 is 0 Å². The summed E-state index contributed by atoms with van der Waals surface area (Å²) in [6, 6.07) is 0. The van der Waals surface area contributed by atoms with Gasteiger partial charge in [-0.1, -0.05) is 19.3 Å². The van der Waals surface area contributed by atoms with E-state index in [2.05, 4.69) is 10.9 Å². The molecule has 0 aromatic rings. The molecule has 0 bridgehead atoms. The van der Waals surface area contributed by atoms with Crippen molar-refractivity contribution in [1.82, 2.24) is 10.9 Å². The molecule has 0 unspecified atom stereocenters. The van der Waals surface area contributed by atoms with Gasteiger partial charge >= 0.3 is 0 Å². The topological polar surface area (TPSA) is 58.2 Å². The summed E-state index contributed by atoms with van der Waals surface area (Å²) in [7, 11) is 0. The quantitative estimate of drug-likeness (QED) is 0.717. The predicted octanol–water partition coefficient (Wildman–Crippen LogP) is 1.22. The second kappa shape index (κ2) is 6.71. The van der Waals surface area contributed by atoms with Crippen molar-refractivity contribution in [2.75, 3.05) is 5.75 Å². The summed E-state index contributed by atoms with van der Waals surface area (Å²) >= 11 is 1.69. The molecule has 0 radical (unpaired) electrons. The Kier molecular flexibility index (Phi) is 5.53. The van der Waals surface area contributed by atoms with Crippen LogP contribution < -0.4 is 10.9 Å². The lowest BCUT2D eigenvalue weighted by Gasteiger charge is -2.20. The molecule has 0 aromatic carbocycles. The van der Waals surface area contributed by atoms with E-state index in [1.54, 1.807) is 11.8 Å². The van der Waals surface area contributed by atoms with Crippen molar-refractivity contribution >= 4 is 23.6 Å². The van der Waals surface area contributed by atoms with Gasteiger partial charge in [0, 0.05) is 12.2 Å². The summed E-state index contributed by atoms with van der Waals surface area (Å²) in [5.41, 5.74) is 4.64. The molecule has 86 valence electrons. The SMILES string of the molecule is CC(=O)NNC(=O)CSC1CCCCC1. The Bertz CT molecular complexity index is 227. The molecule has 1 fully saturated rings. The van der Waals surface area contributed by atoms with E-state index in [1.165, 1.54) is 39.0 Å². The molecule has 0 spiro atoms. The van der Waals surface area contributed by atoms with Crippen LogP contribution in [0.15, 0.2) is 0 Å². The van der Waals surface area contributed by atoms with Gasteiger partial charge in [0.15, 0.2) is 0 Å². The highest BCUT2D eigenvalue weighted by molar-refractivity contribution is 8.00. The first-order valence-electron chi connectivity index (χ1n) is 5.35. The Labute approximate surface area is 94.5 Å². The minimum absolute atomic E-state index is 0.124. The van der Waals surface area contributed by atoms with Gasteiger partial charge in [-0.15, -0.1) is 11.8 Å². The Morgan fingerprint density at radius 3 is 2.47 bits per heavy atom. The maximum atomic E-state index is 11.2. The van der Waals surface area contributed by atoms with Crippen LogP contribution in [0.2, 0.25) is 0 Å². The Balaban J connectivity index is 2.07. The maximum Gasteiger partial charge on any atom is 0.248 e. The van der Waals surface area contributed by atoms with Crippen molar-refractivity contribution in [3.8, 4) is 0 Å². The second-order valence-electron chi connectivity index (χ2n) is 3.80. The fourth-order valence-corrected chi connectivity index (χ4v) is 2.75. The summed E-state index contributed by atoms with van der Waals surface area (Å²) in [5.74, 6) is 0.0667. The van der Waals surface area contributed by atoms with Crippen LogP contribution in [0.4, 0.5) is 0 Å². The number of amides is 2. The smallest absolute Gasteiger partial charge is 0.248 e. The van der Waals surface area contributed by atoms with Crippen molar-refractivity contribution < 1.29 is 9.59 Å². The molecule has 0 aliphatic heterocycles. The zero-order chi connectivity index (χ0) is 11.1. The van der Waals surface area contributed by atoms with Gasteiger partial charge in [0.05, 0.1) is 5.75 Å². The van der Waals surface area contributed by atoms with Gasteiger partial charge < -0.3 is 0 Å². The number of carbonyl (C=O) groups is 2. The van der Waals surface area contributed by atoms with Crippen LogP contribution in [0.25, 0.3) is 0 Å². The van der Waals surface area contributed by atoms with Gasteiger partial charge in [0.25, 0.3) is 0 Å². The molecule has 5 heteroatoms. The first-order chi connectivity index (χ1) is 7.18. The van der Waals surface area contributed by atoms with Gasteiger partial charge in [0.2, 0.25) is 11.8 Å². The fourth-order valence-electron chi connectivity index (χ4n) is 1.62. The summed E-state index contributed by atoms with van der Waals surface area (Å²) in [6.07, 6.45) is 6.33. The standard InChI is InChI=1S/C10H18N2O2S/c1-8(13)11-12-10(14)7-15-9-5-3-2-4-6-9/h9H,2-7H2,1H3,(H,11,13)(H,12,14). The molecular weight excluding hydrogens is 212 g/mol. The van der Waals surface area contributed by atoms with E-state index in [0.29, 0.717) is 11.0 Å². The van der Waals surface area contributed by atoms with Crippen molar-refractivity contribution in [1.29, 1.82) is 0 Å². The van der Waals surface area contributed by atoms with Crippen LogP contribution in [0.3, 0.4) is 0 Å². The highest BCUT2D eigenvalue weighted by atomic mass is 32.2. The Morgan fingerprint density at radius 1 is 1.20 bits per heavy atom. The van der Waals surface area contributed by atoms with E-state index in [1.807, 2.05) is 0 Å². The fraction of sp³-hybridized carbons (Fsp3) is 0.800. The third-order valence-electron chi connectivity index (χ3n) is 2.38. The van der Waals surface area contributed by atoms with Gasteiger partial charge in [0.1, 0.15) is 0 Å². The zero-order valence-electron chi connectivity index (χ0n) is 9.04. The van der Waals surface area contributed by atoms with Crippen molar-refractivity contribution in [3.05, 3.63) is 0 Å².